The first-order valence-electron chi connectivity index (χ1n) is 14.5. The Labute approximate surface area is 228 Å². The topological polar surface area (TPSA) is 85.2 Å². The van der Waals surface area contributed by atoms with Crippen LogP contribution in [0.5, 0.6) is 0 Å². The number of carbonyl (C=O) groups excluding carboxylic acids is 1. The first-order valence-corrected chi connectivity index (χ1v) is 14.5. The van der Waals surface area contributed by atoms with Crippen molar-refractivity contribution in [2.45, 2.75) is 96.1 Å². The minimum absolute atomic E-state index is 0.0577. The molecule has 1 aromatic carbocycles. The molecule has 3 atom stereocenters. The molecule has 3 aliphatic rings. The maximum Gasteiger partial charge on any atom is 0.162 e. The molecule has 0 bridgehead atoms. The highest BCUT2D eigenvalue weighted by atomic mass is 16.5. The van der Waals surface area contributed by atoms with Crippen LogP contribution in [-0.2, 0) is 10.2 Å². The molecule has 1 N–H and O–H groups in total. The van der Waals surface area contributed by atoms with Crippen LogP contribution in [0.3, 0.4) is 0 Å². The minimum atomic E-state index is -0.823. The molecular weight excluding hydrogens is 476 g/mol. The summed E-state index contributed by atoms with van der Waals surface area (Å²) in [7, 11) is 0. The van der Waals surface area contributed by atoms with E-state index in [-0.39, 0.29) is 17.1 Å². The highest BCUT2D eigenvalue weighted by Crippen LogP contribution is 2.34. The number of fused-ring (bicyclic) bond motifs is 1. The highest BCUT2D eigenvalue weighted by Gasteiger charge is 2.30. The second-order valence-corrected chi connectivity index (χ2v) is 12.2. The molecule has 2 fully saturated rings. The largest absolute Gasteiger partial charge is 0.862 e. The van der Waals surface area contributed by atoms with Gasteiger partial charge in [0.1, 0.15) is 6.10 Å². The van der Waals surface area contributed by atoms with Gasteiger partial charge in [-0.2, -0.15) is 0 Å². The van der Waals surface area contributed by atoms with Crippen LogP contribution in [0.4, 0.5) is 0 Å². The zero-order valence-corrected chi connectivity index (χ0v) is 23.5. The number of aliphatic hydroxyl groups excluding tert-OH is 1. The van der Waals surface area contributed by atoms with E-state index in [0.717, 1.165) is 68.7 Å². The van der Waals surface area contributed by atoms with Gasteiger partial charge in [0, 0.05) is 24.4 Å². The summed E-state index contributed by atoms with van der Waals surface area (Å²) in [5.74, 6) is 1.30. The molecule has 0 spiro atoms. The van der Waals surface area contributed by atoms with Crippen LogP contribution >= 0.6 is 0 Å². The fourth-order valence-corrected chi connectivity index (χ4v) is 5.66. The number of likely N-dealkylation sites (tertiary alicyclic amines) is 1. The van der Waals surface area contributed by atoms with Crippen LogP contribution in [-0.4, -0.2) is 60.1 Å². The van der Waals surface area contributed by atoms with Crippen molar-refractivity contribution in [3.05, 3.63) is 58.9 Å². The molecule has 2 heterocycles. The summed E-state index contributed by atoms with van der Waals surface area (Å²) in [5.41, 5.74) is 2.81. The van der Waals surface area contributed by atoms with E-state index in [2.05, 4.69) is 36.7 Å². The van der Waals surface area contributed by atoms with E-state index in [0.29, 0.717) is 38.1 Å². The van der Waals surface area contributed by atoms with Gasteiger partial charge in [0.05, 0.1) is 18.4 Å². The van der Waals surface area contributed by atoms with Crippen LogP contribution in [0.1, 0.15) is 94.5 Å². The van der Waals surface area contributed by atoms with Crippen LogP contribution in [0, 0.1) is 5.92 Å². The van der Waals surface area contributed by atoms with Crippen LogP contribution in [0.15, 0.2) is 52.7 Å². The number of ether oxygens (including phenoxy) is 1. The highest BCUT2D eigenvalue weighted by molar-refractivity contribution is 5.96. The molecule has 0 aromatic heterocycles. The molecule has 1 aromatic rings. The van der Waals surface area contributed by atoms with E-state index in [9.17, 15) is 15.0 Å². The molecule has 38 heavy (non-hydrogen) atoms. The fraction of sp³-hybridized carbons (Fsp3) is 0.625. The molecular formula is C32H45N2O4-. The zero-order chi connectivity index (χ0) is 27.1. The van der Waals surface area contributed by atoms with Crippen molar-refractivity contribution in [1.82, 2.24) is 4.90 Å². The van der Waals surface area contributed by atoms with E-state index in [4.69, 9.17) is 4.74 Å². The third-order valence-electron chi connectivity index (χ3n) is 8.09. The predicted octanol–water partition coefficient (Wildman–Crippen LogP) is 4.95. The van der Waals surface area contributed by atoms with Crippen molar-refractivity contribution in [1.29, 1.82) is 0 Å². The van der Waals surface area contributed by atoms with Gasteiger partial charge in [-0.25, -0.2) is 0 Å². The van der Waals surface area contributed by atoms with Gasteiger partial charge in [0.15, 0.2) is 5.78 Å². The fourth-order valence-electron chi connectivity index (χ4n) is 5.66. The van der Waals surface area contributed by atoms with Gasteiger partial charge in [-0.1, -0.05) is 51.1 Å². The Balaban J connectivity index is 1.31. The predicted molar refractivity (Wildman–Crippen MR) is 150 cm³/mol. The third-order valence-corrected chi connectivity index (χ3v) is 8.09. The Morgan fingerprint density at radius 3 is 2.55 bits per heavy atom. The molecule has 4 rings (SSSR count). The Morgan fingerprint density at radius 1 is 1.13 bits per heavy atom. The Hall–Kier alpha value is -2.44. The van der Waals surface area contributed by atoms with E-state index in [1.807, 2.05) is 30.3 Å². The lowest BCUT2D eigenvalue weighted by Gasteiger charge is -2.32. The number of hydrogen-bond acceptors (Lipinski definition) is 6. The van der Waals surface area contributed by atoms with Gasteiger partial charge < -0.3 is 19.8 Å². The number of benzene rings is 1. The first kappa shape index (κ1) is 28.6. The monoisotopic (exact) mass is 521 g/mol. The summed E-state index contributed by atoms with van der Waals surface area (Å²) < 4.78 is 5.87. The molecule has 2 saturated heterocycles. The molecule has 6 nitrogen and oxygen atoms in total. The molecule has 1 aliphatic carbocycles. The average Bonchev–Trinajstić information content (AvgIpc) is 3.42. The summed E-state index contributed by atoms with van der Waals surface area (Å²) in [6.45, 7) is 9.75. The van der Waals surface area contributed by atoms with E-state index >= 15 is 0 Å². The van der Waals surface area contributed by atoms with Gasteiger partial charge >= 0.3 is 0 Å². The minimum Gasteiger partial charge on any atom is -0.862 e. The Kier molecular flexibility index (Phi) is 9.83. The second-order valence-electron chi connectivity index (χ2n) is 12.2. The third kappa shape index (κ3) is 7.79. The van der Waals surface area contributed by atoms with Gasteiger partial charge in [0.25, 0.3) is 0 Å². The van der Waals surface area contributed by atoms with Gasteiger partial charge in [-0.3, -0.25) is 9.79 Å². The van der Waals surface area contributed by atoms with E-state index < -0.39 is 12.1 Å². The van der Waals surface area contributed by atoms with E-state index in [1.54, 1.807) is 0 Å². The molecule has 1 unspecified atom stereocenters. The number of allylic oxidation sites excluding steroid dienone is 2. The standard InChI is InChI=1S/C32H46N2O4/c1-32(2,3)26-16-14-23(15-17-26)28(35)10-4-5-11-30(36)33-27(22-34-18-6-7-19-34)31(37)25-13-12-24-9-8-20-38-29(24)21-25/h13-17,21,24,27,31,37H,4-12,18-20,22H2,1-3H3,(H,33,36)/p-1/t24?,27-,31-/m1/s1. The maximum absolute atomic E-state index is 12.8. The van der Waals surface area contributed by atoms with Gasteiger partial charge in [-0.15, -0.1) is 0 Å². The van der Waals surface area contributed by atoms with Crippen molar-refractivity contribution in [3.63, 3.8) is 0 Å². The summed E-state index contributed by atoms with van der Waals surface area (Å²) in [4.78, 5) is 19.4. The quantitative estimate of drug-likeness (QED) is 0.193. The lowest BCUT2D eigenvalue weighted by Crippen LogP contribution is -2.40. The molecule has 0 radical (unpaired) electrons. The van der Waals surface area contributed by atoms with Crippen molar-refractivity contribution in [2.75, 3.05) is 26.2 Å². The molecule has 208 valence electrons. The van der Waals surface area contributed by atoms with Crippen molar-refractivity contribution in [3.8, 4) is 0 Å². The summed E-state index contributed by atoms with van der Waals surface area (Å²) in [6.07, 6.45) is 10.6. The number of Topliss-reactive ketones (excluding diaryl/α,β-unsaturated/α-hetero) is 1. The SMILES string of the molecule is CC(C)(C)c1ccc(C(=O)CCCCC([O-])=N[C@H](CN2CCCC2)[C@H](O)C2=CCC3CCCOC3=C2)cc1. The number of hydrogen-bond donors (Lipinski definition) is 1. The second kappa shape index (κ2) is 13.1. The molecule has 0 amide bonds. The van der Waals surface area contributed by atoms with Crippen LogP contribution in [0.2, 0.25) is 0 Å². The number of unbranched alkanes of at least 4 members (excludes halogenated alkanes) is 1. The Bertz CT molecular complexity index is 1030. The molecule has 6 heteroatoms. The van der Waals surface area contributed by atoms with Crippen molar-refractivity contribution >= 4 is 11.7 Å². The molecule has 2 aliphatic heterocycles. The Morgan fingerprint density at radius 2 is 1.84 bits per heavy atom. The van der Waals surface area contributed by atoms with Crippen molar-refractivity contribution in [2.24, 2.45) is 10.9 Å². The number of nitrogens with zero attached hydrogens (tertiary/aromatic N) is 2. The summed E-state index contributed by atoms with van der Waals surface area (Å²) in [6, 6.07) is 7.37. The lowest BCUT2D eigenvalue weighted by atomic mass is 9.86. The maximum atomic E-state index is 12.8. The normalized spacial score (nSPS) is 22.2. The summed E-state index contributed by atoms with van der Waals surface area (Å²) >= 11 is 0. The number of carbonyl (C=O) groups is 1. The number of aliphatic hydroxyl groups is 1. The summed E-state index contributed by atoms with van der Waals surface area (Å²) in [5, 5.41) is 24.1. The van der Waals surface area contributed by atoms with Gasteiger partial charge in [-0.05, 0) is 93.0 Å². The number of ketones is 1. The number of rotatable bonds is 11. The van der Waals surface area contributed by atoms with Crippen molar-refractivity contribution < 1.29 is 19.7 Å². The van der Waals surface area contributed by atoms with Gasteiger partial charge in [0.2, 0.25) is 0 Å². The number of aliphatic imine (C=N–C) groups is 1. The zero-order valence-electron chi connectivity index (χ0n) is 23.5. The lowest BCUT2D eigenvalue weighted by molar-refractivity contribution is -0.219. The van der Waals surface area contributed by atoms with Crippen LogP contribution < -0.4 is 5.11 Å². The first-order chi connectivity index (χ1) is 18.2. The average molecular weight is 522 g/mol. The van der Waals surface area contributed by atoms with Crippen LogP contribution in [0.25, 0.3) is 0 Å². The van der Waals surface area contributed by atoms with E-state index in [1.165, 1.54) is 5.56 Å². The smallest absolute Gasteiger partial charge is 0.162 e. The molecule has 0 saturated carbocycles.